The van der Waals surface area contributed by atoms with Crippen LogP contribution in [-0.2, 0) is 23.3 Å². The average molecular weight is 499 g/mol. The van der Waals surface area contributed by atoms with Crippen molar-refractivity contribution in [2.75, 3.05) is 13.2 Å². The third-order valence-electron chi connectivity index (χ3n) is 5.56. The number of nitrogens with zero attached hydrogens (tertiary/aromatic N) is 3. The molecule has 1 N–H and O–H groups in total. The molecule has 0 spiro atoms. The molecule has 2 aliphatic rings. The molecule has 2 aliphatic heterocycles. The number of ether oxygens (including phenoxy) is 3. The quantitative estimate of drug-likeness (QED) is 0.382. The van der Waals surface area contributed by atoms with E-state index in [4.69, 9.17) is 28.5 Å². The summed E-state index contributed by atoms with van der Waals surface area (Å²) in [4.78, 5) is 26.7. The first-order valence-corrected chi connectivity index (χ1v) is 12.6. The number of nitriles is 1. The van der Waals surface area contributed by atoms with Crippen LogP contribution in [0.4, 0.5) is 0 Å². The van der Waals surface area contributed by atoms with Gasteiger partial charge in [0.05, 0.1) is 25.7 Å². The van der Waals surface area contributed by atoms with Gasteiger partial charge in [-0.15, -0.1) is 0 Å². The fourth-order valence-corrected chi connectivity index (χ4v) is 5.86. The maximum Gasteiger partial charge on any atom is 0.330 e. The van der Waals surface area contributed by atoms with Crippen molar-refractivity contribution in [3.05, 3.63) is 32.6 Å². The Kier molecular flexibility index (Phi) is 8.69. The monoisotopic (exact) mass is 498 g/mol. The number of hydrogen-bond acceptors (Lipinski definition) is 9. The molecule has 0 saturated carbocycles. The molecule has 3 heterocycles. The van der Waals surface area contributed by atoms with E-state index < -0.39 is 50.1 Å². The molecule has 2 unspecified atom stereocenters. The van der Waals surface area contributed by atoms with Crippen molar-refractivity contribution in [1.82, 2.24) is 14.2 Å². The number of fused-ring (bicyclic) bond motifs is 1. The Morgan fingerprint density at radius 3 is 2.47 bits per heavy atom. The lowest BCUT2D eigenvalue weighted by molar-refractivity contribution is -0.200. The maximum absolute atomic E-state index is 12.5. The van der Waals surface area contributed by atoms with Crippen LogP contribution in [-0.4, -0.2) is 63.6 Å². The van der Waals surface area contributed by atoms with Crippen molar-refractivity contribution in [2.24, 2.45) is 0 Å². The molecule has 1 aromatic rings. The lowest BCUT2D eigenvalue weighted by Crippen LogP contribution is -2.38. The Morgan fingerprint density at radius 2 is 1.85 bits per heavy atom. The first-order valence-electron chi connectivity index (χ1n) is 11.5. The molecular formula is C22H35N4O7P. The fraction of sp³-hybridized carbons (Fsp3) is 0.773. The molecule has 34 heavy (non-hydrogen) atoms. The van der Waals surface area contributed by atoms with Gasteiger partial charge in [-0.1, -0.05) is 0 Å². The molecule has 0 aromatic carbocycles. The van der Waals surface area contributed by atoms with E-state index in [-0.39, 0.29) is 31.7 Å². The Hall–Kier alpha value is -1.64. The molecule has 190 valence electrons. The molecule has 0 aliphatic carbocycles. The van der Waals surface area contributed by atoms with E-state index in [0.29, 0.717) is 5.56 Å². The largest absolute Gasteiger partial charge is 0.346 e. The van der Waals surface area contributed by atoms with Gasteiger partial charge in [0.25, 0.3) is 14.1 Å². The van der Waals surface area contributed by atoms with Crippen molar-refractivity contribution in [3.8, 4) is 6.07 Å². The Balaban J connectivity index is 1.82. The number of aryl methyl sites for hydroxylation is 1. The number of aromatic amines is 1. The number of aromatic nitrogens is 2. The van der Waals surface area contributed by atoms with E-state index >= 15 is 0 Å². The van der Waals surface area contributed by atoms with Gasteiger partial charge in [0.1, 0.15) is 18.3 Å². The average Bonchev–Trinajstić information content (AvgIpc) is 3.21. The van der Waals surface area contributed by atoms with Crippen molar-refractivity contribution >= 4 is 8.53 Å². The van der Waals surface area contributed by atoms with Gasteiger partial charge in [-0.3, -0.25) is 14.3 Å². The van der Waals surface area contributed by atoms with E-state index in [9.17, 15) is 9.59 Å². The summed E-state index contributed by atoms with van der Waals surface area (Å²) < 4.78 is 34.1. The summed E-state index contributed by atoms with van der Waals surface area (Å²) in [7, 11) is -1.47. The Bertz CT molecular complexity index is 994. The standard InChI is InChI=1S/C22H35N4O7P/c1-13(2)26(14(3)4)34(29-10-8-9-23)30-12-16-17-18(33-22(6,7)32-17)20(31-16)25-11-15(5)19(27)24-21(25)28/h11,13-14,16-18,20H,8,10,12H2,1-7H3,(H,24,27,28)/t16-,17?,18+,20-,34?/m1/s1. The minimum absolute atomic E-state index is 0.141. The molecule has 0 bridgehead atoms. The van der Waals surface area contributed by atoms with E-state index in [1.54, 1.807) is 20.8 Å². The summed E-state index contributed by atoms with van der Waals surface area (Å²) in [5.41, 5.74) is -0.638. The number of hydrogen-bond donors (Lipinski definition) is 1. The summed E-state index contributed by atoms with van der Waals surface area (Å²) in [6, 6.07) is 2.40. The van der Waals surface area contributed by atoms with E-state index in [0.717, 1.165) is 0 Å². The predicted molar refractivity (Wildman–Crippen MR) is 125 cm³/mol. The molecule has 5 atom stereocenters. The first-order chi connectivity index (χ1) is 15.9. The van der Waals surface area contributed by atoms with Gasteiger partial charge < -0.3 is 23.3 Å². The van der Waals surface area contributed by atoms with Crippen LogP contribution in [0.15, 0.2) is 15.8 Å². The molecule has 11 nitrogen and oxygen atoms in total. The van der Waals surface area contributed by atoms with Gasteiger partial charge in [0.15, 0.2) is 12.0 Å². The number of rotatable bonds is 10. The zero-order chi connectivity index (χ0) is 25.2. The van der Waals surface area contributed by atoms with Crippen LogP contribution in [0.2, 0.25) is 0 Å². The summed E-state index contributed by atoms with van der Waals surface area (Å²) in [6.45, 7) is 13.9. The molecule has 0 radical (unpaired) electrons. The highest BCUT2D eigenvalue weighted by Gasteiger charge is 2.56. The van der Waals surface area contributed by atoms with Crippen LogP contribution in [0.5, 0.6) is 0 Å². The maximum atomic E-state index is 12.5. The highest BCUT2D eigenvalue weighted by atomic mass is 31.2. The van der Waals surface area contributed by atoms with E-state index in [2.05, 4.69) is 43.4 Å². The second-order valence-electron chi connectivity index (χ2n) is 9.45. The molecule has 2 saturated heterocycles. The summed E-state index contributed by atoms with van der Waals surface area (Å²) in [5, 5.41) is 8.91. The van der Waals surface area contributed by atoms with Crippen molar-refractivity contribution in [1.29, 1.82) is 5.26 Å². The number of H-pyrrole nitrogens is 1. The van der Waals surface area contributed by atoms with Gasteiger partial charge in [-0.25, -0.2) is 9.46 Å². The van der Waals surface area contributed by atoms with Crippen LogP contribution in [0.3, 0.4) is 0 Å². The Labute approximate surface area is 200 Å². The number of nitrogens with one attached hydrogen (secondary N) is 1. The SMILES string of the molecule is Cc1cn([C@@H]2O[C@H](COP(OCCC#N)N(C(C)C)C(C)C)C3OC(C)(C)O[C@@H]32)c(=O)[nH]c1=O. The molecule has 12 heteroatoms. The first kappa shape index (κ1) is 27.0. The van der Waals surface area contributed by atoms with Crippen LogP contribution < -0.4 is 11.2 Å². The van der Waals surface area contributed by atoms with Crippen molar-refractivity contribution in [3.63, 3.8) is 0 Å². The normalized spacial score (nSPS) is 26.9. The third kappa shape index (κ3) is 5.94. The lowest BCUT2D eigenvalue weighted by Gasteiger charge is -2.36. The zero-order valence-corrected chi connectivity index (χ0v) is 21.7. The second-order valence-corrected chi connectivity index (χ2v) is 10.9. The van der Waals surface area contributed by atoms with Gasteiger partial charge in [-0.2, -0.15) is 5.26 Å². The zero-order valence-electron chi connectivity index (χ0n) is 20.8. The molecule has 1 aromatic heterocycles. The topological polar surface area (TPSA) is 128 Å². The smallest absolute Gasteiger partial charge is 0.330 e. The highest BCUT2D eigenvalue weighted by molar-refractivity contribution is 7.44. The lowest BCUT2D eigenvalue weighted by atomic mass is 10.1. The van der Waals surface area contributed by atoms with Gasteiger partial charge in [0.2, 0.25) is 0 Å². The minimum atomic E-state index is -1.47. The van der Waals surface area contributed by atoms with Crippen LogP contribution in [0.25, 0.3) is 0 Å². The second kappa shape index (κ2) is 11.0. The highest BCUT2D eigenvalue weighted by Crippen LogP contribution is 2.48. The van der Waals surface area contributed by atoms with Gasteiger partial charge in [-0.05, 0) is 48.5 Å². The third-order valence-corrected chi connectivity index (χ3v) is 7.63. The molecule has 0 amide bonds. The summed E-state index contributed by atoms with van der Waals surface area (Å²) in [6.07, 6.45) is -0.649. The predicted octanol–water partition coefficient (Wildman–Crippen LogP) is 2.56. The summed E-state index contributed by atoms with van der Waals surface area (Å²) >= 11 is 0. The van der Waals surface area contributed by atoms with Crippen LogP contribution >= 0.6 is 8.53 Å². The fourth-order valence-electron chi connectivity index (χ4n) is 4.24. The van der Waals surface area contributed by atoms with E-state index in [1.165, 1.54) is 10.8 Å². The van der Waals surface area contributed by atoms with Crippen molar-refractivity contribution in [2.45, 2.75) is 97.3 Å². The molecule has 2 fully saturated rings. The van der Waals surface area contributed by atoms with Gasteiger partial charge >= 0.3 is 5.69 Å². The summed E-state index contributed by atoms with van der Waals surface area (Å²) in [5.74, 6) is -0.869. The molecule has 3 rings (SSSR count). The van der Waals surface area contributed by atoms with Gasteiger partial charge in [0, 0.05) is 23.8 Å². The minimum Gasteiger partial charge on any atom is -0.346 e. The van der Waals surface area contributed by atoms with Crippen molar-refractivity contribution < 1.29 is 23.3 Å². The molecular weight excluding hydrogens is 463 g/mol. The van der Waals surface area contributed by atoms with Crippen LogP contribution in [0.1, 0.15) is 59.8 Å². The van der Waals surface area contributed by atoms with E-state index in [1.807, 2.05) is 0 Å². The van der Waals surface area contributed by atoms with Crippen LogP contribution in [0, 0.1) is 18.3 Å². The Morgan fingerprint density at radius 1 is 1.21 bits per heavy atom.